The molecule has 3 N–H and O–H groups in total. The number of rotatable bonds is 6. The van der Waals surface area contributed by atoms with Crippen LogP contribution in [0.25, 0.3) is 0 Å². The Hall–Kier alpha value is -3.15. The van der Waals surface area contributed by atoms with Gasteiger partial charge in [-0.15, -0.1) is 10.2 Å². The summed E-state index contributed by atoms with van der Waals surface area (Å²) in [6.45, 7) is -1.85. The molecule has 2 spiro atoms. The standard InChI is InChI=1S/C31H30Cl2F3N5O3/c32-17-6-9-20-22(10-17)39-28(43)31(20)23(19-2-1-3-21(36)24(19)33)25(40-30(31)11-29(12-30,13-34)14-35)26(42)38-18-7-4-16(5-8-18)27-41-37-15-44-27/h1-3,6,9-10,15-16,18,23,25,40H,4-5,7-8,11-14H2,(H,38,42)(H,39,43)/t16?,18?,23-,25+,31+/m0/s1. The van der Waals surface area contributed by atoms with Crippen LogP contribution in [-0.4, -0.2) is 53.0 Å². The SMILES string of the molecule is O=C(NC1CCC(c2nnco2)CC1)[C@@H]1NC2(CC(CF)(CF)C2)[C@@]2(C(=O)Nc3cc(Cl)ccc32)[C@H]1c1cccc(F)c1Cl. The van der Waals surface area contributed by atoms with Gasteiger partial charge in [0.15, 0.2) is 0 Å². The summed E-state index contributed by atoms with van der Waals surface area (Å²) in [5, 5.41) is 17.4. The van der Waals surface area contributed by atoms with Crippen molar-refractivity contribution in [2.45, 2.75) is 73.4 Å². The lowest BCUT2D eigenvalue weighted by Gasteiger charge is -2.59. The minimum atomic E-state index is -1.55. The number of carbonyl (C=O) groups is 2. The topological polar surface area (TPSA) is 109 Å². The number of alkyl halides is 2. The fourth-order valence-corrected chi connectivity index (χ4v) is 8.91. The molecule has 3 aromatic rings. The molecule has 3 fully saturated rings. The monoisotopic (exact) mass is 647 g/mol. The van der Waals surface area contributed by atoms with Crippen molar-refractivity contribution in [3.8, 4) is 0 Å². The molecule has 232 valence electrons. The van der Waals surface area contributed by atoms with Gasteiger partial charge in [-0.2, -0.15) is 0 Å². The molecule has 2 aromatic carbocycles. The van der Waals surface area contributed by atoms with Crippen molar-refractivity contribution in [3.63, 3.8) is 0 Å². The molecular weight excluding hydrogens is 618 g/mol. The number of carbonyl (C=O) groups excluding carboxylic acids is 2. The molecule has 1 saturated heterocycles. The summed E-state index contributed by atoms with van der Waals surface area (Å²) in [4.78, 5) is 28.7. The fraction of sp³-hybridized carbons (Fsp3) is 0.484. The summed E-state index contributed by atoms with van der Waals surface area (Å²) >= 11 is 12.9. The van der Waals surface area contributed by atoms with Gasteiger partial charge in [0, 0.05) is 39.5 Å². The predicted octanol–water partition coefficient (Wildman–Crippen LogP) is 5.76. The number of amides is 2. The summed E-state index contributed by atoms with van der Waals surface area (Å²) in [5.41, 5.74) is -2.88. The van der Waals surface area contributed by atoms with E-state index in [2.05, 4.69) is 26.1 Å². The Morgan fingerprint density at radius 2 is 1.84 bits per heavy atom. The highest BCUT2D eigenvalue weighted by Crippen LogP contribution is 2.68. The lowest BCUT2D eigenvalue weighted by Crippen LogP contribution is -2.70. The van der Waals surface area contributed by atoms with Crippen LogP contribution in [-0.2, 0) is 15.0 Å². The third-order valence-electron chi connectivity index (χ3n) is 10.3. The van der Waals surface area contributed by atoms with E-state index in [1.807, 2.05) is 0 Å². The molecule has 4 aliphatic rings. The second kappa shape index (κ2) is 10.7. The van der Waals surface area contributed by atoms with Gasteiger partial charge < -0.3 is 15.1 Å². The number of hydrogen-bond donors (Lipinski definition) is 3. The van der Waals surface area contributed by atoms with Gasteiger partial charge in [-0.1, -0.05) is 41.4 Å². The summed E-state index contributed by atoms with van der Waals surface area (Å²) in [6, 6.07) is 7.96. The first kappa shape index (κ1) is 29.6. The molecular formula is C31H30Cl2F3N5O3. The molecule has 8 nitrogen and oxygen atoms in total. The van der Waals surface area contributed by atoms with Crippen molar-refractivity contribution in [1.29, 1.82) is 0 Å². The zero-order valence-electron chi connectivity index (χ0n) is 23.5. The normalized spacial score (nSPS) is 29.8. The van der Waals surface area contributed by atoms with Crippen LogP contribution in [0.15, 0.2) is 47.2 Å². The van der Waals surface area contributed by atoms with Gasteiger partial charge >= 0.3 is 0 Å². The van der Waals surface area contributed by atoms with E-state index < -0.39 is 59.3 Å². The average molecular weight is 649 g/mol. The number of nitrogens with one attached hydrogen (secondary N) is 3. The Bertz CT molecular complexity index is 1600. The lowest BCUT2D eigenvalue weighted by molar-refractivity contribution is -0.131. The fourth-order valence-electron chi connectivity index (χ4n) is 8.49. The lowest BCUT2D eigenvalue weighted by atomic mass is 9.46. The van der Waals surface area contributed by atoms with Crippen molar-refractivity contribution in [3.05, 3.63) is 75.7 Å². The number of benzene rings is 2. The molecule has 13 heteroatoms. The van der Waals surface area contributed by atoms with Crippen LogP contribution < -0.4 is 16.0 Å². The van der Waals surface area contributed by atoms with Crippen LogP contribution in [0, 0.1) is 11.2 Å². The average Bonchev–Trinajstić information content (AvgIpc) is 3.71. The maximum atomic E-state index is 15.0. The van der Waals surface area contributed by atoms with Gasteiger partial charge in [0.2, 0.25) is 24.1 Å². The Morgan fingerprint density at radius 1 is 1.09 bits per heavy atom. The Kier molecular flexibility index (Phi) is 7.21. The Labute approximate surface area is 261 Å². The van der Waals surface area contributed by atoms with Crippen LogP contribution in [0.4, 0.5) is 18.9 Å². The quantitative estimate of drug-likeness (QED) is 0.314. The summed E-state index contributed by atoms with van der Waals surface area (Å²) in [6.07, 6.45) is 3.96. The van der Waals surface area contributed by atoms with E-state index in [0.29, 0.717) is 35.0 Å². The van der Waals surface area contributed by atoms with Crippen molar-refractivity contribution < 1.29 is 27.2 Å². The Balaban J connectivity index is 1.31. The predicted molar refractivity (Wildman–Crippen MR) is 157 cm³/mol. The molecule has 0 unspecified atom stereocenters. The van der Waals surface area contributed by atoms with Gasteiger partial charge in [0.1, 0.15) is 11.2 Å². The molecule has 44 heavy (non-hydrogen) atoms. The molecule has 0 bridgehead atoms. The van der Waals surface area contributed by atoms with E-state index in [1.165, 1.54) is 18.5 Å². The summed E-state index contributed by atoms with van der Waals surface area (Å²) in [7, 11) is 0. The molecule has 2 amide bonds. The minimum absolute atomic E-state index is 0.0506. The van der Waals surface area contributed by atoms with Crippen molar-refractivity contribution >= 4 is 40.7 Å². The van der Waals surface area contributed by atoms with Crippen molar-refractivity contribution in [1.82, 2.24) is 20.8 Å². The van der Waals surface area contributed by atoms with Crippen molar-refractivity contribution in [2.75, 3.05) is 18.7 Å². The minimum Gasteiger partial charge on any atom is -0.428 e. The highest BCUT2D eigenvalue weighted by Gasteiger charge is 2.78. The molecule has 1 aromatic heterocycles. The number of anilines is 1. The molecule has 3 atom stereocenters. The smallest absolute Gasteiger partial charge is 0.238 e. The van der Waals surface area contributed by atoms with Crippen LogP contribution in [0.2, 0.25) is 10.0 Å². The molecule has 2 aliphatic carbocycles. The van der Waals surface area contributed by atoms with E-state index in [-0.39, 0.29) is 35.4 Å². The second-order valence-corrected chi connectivity index (χ2v) is 13.5. The molecule has 2 aliphatic heterocycles. The van der Waals surface area contributed by atoms with Gasteiger partial charge in [-0.3, -0.25) is 23.7 Å². The van der Waals surface area contributed by atoms with Crippen LogP contribution in [0.3, 0.4) is 0 Å². The zero-order chi connectivity index (χ0) is 30.9. The van der Waals surface area contributed by atoms with Gasteiger partial charge in [0.05, 0.1) is 24.4 Å². The van der Waals surface area contributed by atoms with Gasteiger partial charge in [0.25, 0.3) is 0 Å². The van der Waals surface area contributed by atoms with E-state index in [4.69, 9.17) is 27.6 Å². The van der Waals surface area contributed by atoms with Crippen LogP contribution in [0.5, 0.6) is 0 Å². The van der Waals surface area contributed by atoms with E-state index in [1.54, 1.807) is 24.3 Å². The molecule has 2 saturated carbocycles. The van der Waals surface area contributed by atoms with Gasteiger partial charge in [-0.05, 0) is 67.9 Å². The zero-order valence-corrected chi connectivity index (χ0v) is 25.0. The molecule has 0 radical (unpaired) electrons. The van der Waals surface area contributed by atoms with E-state index in [9.17, 15) is 18.4 Å². The summed E-state index contributed by atoms with van der Waals surface area (Å²) < 4.78 is 49.1. The third-order valence-corrected chi connectivity index (χ3v) is 11.0. The maximum absolute atomic E-state index is 15.0. The first-order valence-electron chi connectivity index (χ1n) is 14.7. The maximum Gasteiger partial charge on any atom is 0.238 e. The van der Waals surface area contributed by atoms with Crippen LogP contribution >= 0.6 is 23.2 Å². The summed E-state index contributed by atoms with van der Waals surface area (Å²) in [5.74, 6) is -1.92. The van der Waals surface area contributed by atoms with Crippen molar-refractivity contribution in [2.24, 2.45) is 5.41 Å². The number of fused-ring (bicyclic) bond motifs is 3. The number of hydrogen-bond acceptors (Lipinski definition) is 6. The highest BCUT2D eigenvalue weighted by atomic mass is 35.5. The third kappa shape index (κ3) is 4.22. The van der Waals surface area contributed by atoms with Gasteiger partial charge in [-0.25, -0.2) is 4.39 Å². The molecule has 3 heterocycles. The first-order chi connectivity index (χ1) is 21.2. The number of halogens is 5. The highest BCUT2D eigenvalue weighted by molar-refractivity contribution is 6.32. The van der Waals surface area contributed by atoms with E-state index >= 15 is 4.39 Å². The Morgan fingerprint density at radius 3 is 2.52 bits per heavy atom. The number of nitrogens with zero attached hydrogens (tertiary/aromatic N) is 2. The van der Waals surface area contributed by atoms with E-state index in [0.717, 1.165) is 12.8 Å². The molecule has 7 rings (SSSR count). The first-order valence-corrected chi connectivity index (χ1v) is 15.4. The second-order valence-electron chi connectivity index (χ2n) is 12.7. The van der Waals surface area contributed by atoms with Crippen LogP contribution in [0.1, 0.15) is 67.4 Å². The largest absolute Gasteiger partial charge is 0.428 e. The number of aromatic nitrogens is 2.